The Balaban J connectivity index is 2.50. The van der Waals surface area contributed by atoms with Crippen LogP contribution in [-0.2, 0) is 11.1 Å². The molecule has 1 heterocycles. The summed E-state index contributed by atoms with van der Waals surface area (Å²) in [5, 5.41) is -0.209. The summed E-state index contributed by atoms with van der Waals surface area (Å²) < 4.78 is 18.9. The third kappa shape index (κ3) is 1.87. The Morgan fingerprint density at radius 1 is 1.78 bits per heavy atom. The lowest BCUT2D eigenvalue weighted by Gasteiger charge is -2.09. The minimum Gasteiger partial charge on any atom is -0.306 e. The summed E-state index contributed by atoms with van der Waals surface area (Å²) in [5.41, 5.74) is 0. The molecular formula is C5H9NO2S. The van der Waals surface area contributed by atoms with Gasteiger partial charge in [-0.05, 0) is 12.8 Å². The zero-order valence-electron chi connectivity index (χ0n) is 4.99. The Labute approximate surface area is 56.5 Å². The lowest BCUT2D eigenvalue weighted by atomic mass is 10.2. The van der Waals surface area contributed by atoms with Crippen molar-refractivity contribution in [1.29, 1.82) is 0 Å². The van der Waals surface area contributed by atoms with Crippen LogP contribution in [0.25, 0.3) is 0 Å². The van der Waals surface area contributed by atoms with E-state index in [1.54, 1.807) is 6.21 Å². The van der Waals surface area contributed by atoms with Crippen LogP contribution < -0.4 is 0 Å². The van der Waals surface area contributed by atoms with E-state index < -0.39 is 11.1 Å². The molecule has 0 aliphatic carbocycles. The van der Waals surface area contributed by atoms with E-state index in [1.165, 1.54) is 0 Å². The molecular weight excluding hydrogens is 138 g/mol. The van der Waals surface area contributed by atoms with Gasteiger partial charge in [0.05, 0.1) is 5.25 Å². The lowest BCUT2D eigenvalue weighted by Crippen LogP contribution is -2.19. The topological polar surface area (TPSA) is 49.7 Å². The van der Waals surface area contributed by atoms with Gasteiger partial charge in [-0.25, -0.2) is 4.21 Å². The van der Waals surface area contributed by atoms with Crippen molar-refractivity contribution in [3.63, 3.8) is 0 Å². The van der Waals surface area contributed by atoms with Gasteiger partial charge >= 0.3 is 0 Å². The maximum absolute atomic E-state index is 10.4. The van der Waals surface area contributed by atoms with Crippen LogP contribution in [0, 0.1) is 0 Å². The molecule has 1 aliphatic heterocycles. The van der Waals surface area contributed by atoms with Gasteiger partial charge in [0, 0.05) is 12.8 Å². The molecule has 9 heavy (non-hydrogen) atoms. The zero-order chi connectivity index (χ0) is 6.69. The fourth-order valence-electron chi connectivity index (χ4n) is 0.803. The average molecular weight is 147 g/mol. The molecule has 0 radical (unpaired) electrons. The van der Waals surface area contributed by atoms with E-state index >= 15 is 0 Å². The molecule has 52 valence electrons. The van der Waals surface area contributed by atoms with Gasteiger partial charge in [-0.2, -0.15) is 0 Å². The van der Waals surface area contributed by atoms with Crippen molar-refractivity contribution in [1.82, 2.24) is 0 Å². The van der Waals surface area contributed by atoms with Crippen LogP contribution in [0.3, 0.4) is 0 Å². The largest absolute Gasteiger partial charge is 0.306 e. The van der Waals surface area contributed by atoms with Crippen LogP contribution in [-0.4, -0.2) is 26.8 Å². The first-order valence-corrected chi connectivity index (χ1v) is 4.07. The first-order valence-electron chi connectivity index (χ1n) is 2.90. The highest BCUT2D eigenvalue weighted by Gasteiger charge is 2.13. The molecule has 0 aromatic rings. The Hall–Kier alpha value is -0.220. The van der Waals surface area contributed by atoms with Crippen molar-refractivity contribution in [3.8, 4) is 0 Å². The van der Waals surface area contributed by atoms with E-state index in [0.717, 1.165) is 19.4 Å². The summed E-state index contributed by atoms with van der Waals surface area (Å²) in [6.07, 6.45) is 3.32. The number of hydrogen-bond acceptors (Lipinski definition) is 2. The van der Waals surface area contributed by atoms with E-state index in [9.17, 15) is 4.21 Å². The Kier molecular flexibility index (Phi) is 2.36. The fraction of sp³-hybridized carbons (Fsp3) is 0.800. The van der Waals surface area contributed by atoms with Crippen molar-refractivity contribution in [2.45, 2.75) is 18.1 Å². The third-order valence-corrected chi connectivity index (χ3v) is 2.18. The molecule has 1 N–H and O–H groups in total. The second kappa shape index (κ2) is 3.08. The highest BCUT2D eigenvalue weighted by molar-refractivity contribution is 7.80. The van der Waals surface area contributed by atoms with Crippen LogP contribution in [0.15, 0.2) is 4.99 Å². The first kappa shape index (κ1) is 6.89. The Bertz CT molecular complexity index is 146. The quantitative estimate of drug-likeness (QED) is 0.547. The maximum atomic E-state index is 10.4. The fourth-order valence-corrected chi connectivity index (χ4v) is 1.36. The number of rotatable bonds is 1. The van der Waals surface area contributed by atoms with Crippen molar-refractivity contribution in [2.24, 2.45) is 4.99 Å². The zero-order valence-corrected chi connectivity index (χ0v) is 5.80. The second-order valence-corrected chi connectivity index (χ2v) is 3.17. The molecule has 1 rings (SSSR count). The molecule has 0 aromatic heterocycles. The third-order valence-electron chi connectivity index (χ3n) is 1.31. The van der Waals surface area contributed by atoms with Gasteiger partial charge in [0.1, 0.15) is 0 Å². The van der Waals surface area contributed by atoms with Gasteiger partial charge < -0.3 is 4.55 Å². The lowest BCUT2D eigenvalue weighted by molar-refractivity contribution is 0.551. The Morgan fingerprint density at radius 2 is 2.56 bits per heavy atom. The molecule has 0 aromatic carbocycles. The van der Waals surface area contributed by atoms with Crippen LogP contribution in [0.5, 0.6) is 0 Å². The molecule has 1 aliphatic rings. The minimum absolute atomic E-state index is 0.209. The highest BCUT2D eigenvalue weighted by atomic mass is 32.2. The van der Waals surface area contributed by atoms with Crippen molar-refractivity contribution in [2.75, 3.05) is 6.54 Å². The number of hydrogen-bond donors (Lipinski definition) is 1. The van der Waals surface area contributed by atoms with Crippen molar-refractivity contribution < 1.29 is 8.76 Å². The second-order valence-electron chi connectivity index (χ2n) is 2.01. The van der Waals surface area contributed by atoms with Crippen LogP contribution in [0.1, 0.15) is 12.8 Å². The Morgan fingerprint density at radius 3 is 2.89 bits per heavy atom. The monoisotopic (exact) mass is 147 g/mol. The smallest absolute Gasteiger partial charge is 0.161 e. The highest BCUT2D eigenvalue weighted by Crippen LogP contribution is 2.06. The average Bonchev–Trinajstić information content (AvgIpc) is 1.90. The maximum Gasteiger partial charge on any atom is 0.161 e. The van der Waals surface area contributed by atoms with E-state index in [2.05, 4.69) is 4.99 Å². The summed E-state index contributed by atoms with van der Waals surface area (Å²) >= 11 is -1.70. The van der Waals surface area contributed by atoms with E-state index in [4.69, 9.17) is 4.55 Å². The summed E-state index contributed by atoms with van der Waals surface area (Å²) in [6, 6.07) is 0. The van der Waals surface area contributed by atoms with E-state index in [1.807, 2.05) is 0 Å². The van der Waals surface area contributed by atoms with Crippen LogP contribution in [0.4, 0.5) is 0 Å². The first-order chi connectivity index (χ1) is 4.30. The summed E-state index contributed by atoms with van der Waals surface area (Å²) in [5.74, 6) is 0. The molecule has 0 saturated carbocycles. The molecule has 0 saturated heterocycles. The summed E-state index contributed by atoms with van der Waals surface area (Å²) in [4.78, 5) is 3.90. The normalized spacial score (nSPS) is 30.1. The SMILES string of the molecule is O=S(O)C1C=NCCC1. The summed E-state index contributed by atoms with van der Waals surface area (Å²) in [7, 11) is 0. The molecule has 4 heteroatoms. The minimum atomic E-state index is -1.70. The van der Waals surface area contributed by atoms with E-state index in [-0.39, 0.29) is 5.25 Å². The molecule has 2 atom stereocenters. The van der Waals surface area contributed by atoms with Gasteiger partial charge in [0.15, 0.2) is 11.1 Å². The van der Waals surface area contributed by atoms with Crippen molar-refractivity contribution >= 4 is 17.3 Å². The van der Waals surface area contributed by atoms with Gasteiger partial charge in [-0.3, -0.25) is 4.99 Å². The molecule has 0 spiro atoms. The molecule has 3 nitrogen and oxygen atoms in total. The van der Waals surface area contributed by atoms with Gasteiger partial charge in [-0.15, -0.1) is 0 Å². The molecule has 0 amide bonds. The van der Waals surface area contributed by atoms with E-state index in [0.29, 0.717) is 0 Å². The molecule has 2 unspecified atom stereocenters. The van der Waals surface area contributed by atoms with Crippen LogP contribution >= 0.6 is 0 Å². The number of aliphatic imine (C=N–C) groups is 1. The van der Waals surface area contributed by atoms with Gasteiger partial charge in [-0.1, -0.05) is 0 Å². The van der Waals surface area contributed by atoms with Gasteiger partial charge in [0.25, 0.3) is 0 Å². The predicted molar refractivity (Wildman–Crippen MR) is 37.2 cm³/mol. The summed E-state index contributed by atoms with van der Waals surface area (Å²) in [6.45, 7) is 0.813. The van der Waals surface area contributed by atoms with Crippen LogP contribution in [0.2, 0.25) is 0 Å². The molecule has 0 bridgehead atoms. The number of nitrogens with zero attached hydrogens (tertiary/aromatic N) is 1. The molecule has 0 fully saturated rings. The van der Waals surface area contributed by atoms with Crippen molar-refractivity contribution in [3.05, 3.63) is 0 Å². The standard InChI is InChI=1S/C5H9NO2S/c7-9(8)5-2-1-3-6-4-5/h4-5H,1-3H2,(H,7,8). The van der Waals surface area contributed by atoms with Gasteiger partial charge in [0.2, 0.25) is 0 Å². The predicted octanol–water partition coefficient (Wildman–Crippen LogP) is 0.441.